The Balaban J connectivity index is 1.12. The molecule has 2 aliphatic rings. The van der Waals surface area contributed by atoms with Gasteiger partial charge in [0.05, 0.1) is 56.9 Å². The molecule has 16 aromatic rings. The van der Waals surface area contributed by atoms with Crippen LogP contribution >= 0.6 is 0 Å². The highest BCUT2D eigenvalue weighted by molar-refractivity contribution is 7.00. The first-order valence-corrected chi connectivity index (χ1v) is 34.7. The maximum Gasteiger partial charge on any atom is 0.252 e. The summed E-state index contributed by atoms with van der Waals surface area (Å²) in [6.45, 7) is 19.3. The minimum Gasteiger partial charge on any atom is -0.310 e. The van der Waals surface area contributed by atoms with E-state index in [1.165, 1.54) is 0 Å². The average Bonchev–Trinajstić information content (AvgIpc) is 1.10. The number of hydrogen-bond acceptors (Lipinski definition) is 2. The average molecular weight is 1310 g/mol. The van der Waals surface area contributed by atoms with E-state index in [9.17, 15) is 16.4 Å². The van der Waals surface area contributed by atoms with Crippen molar-refractivity contribution in [2.45, 2.75) is 78.6 Å². The van der Waals surface area contributed by atoms with Gasteiger partial charge in [0.25, 0.3) is 6.71 Å². The Hall–Kier alpha value is -11.7. The van der Waals surface area contributed by atoms with Crippen molar-refractivity contribution in [2.75, 3.05) is 9.80 Å². The normalized spacial score (nSPS) is 14.7. The van der Waals surface area contributed by atoms with Gasteiger partial charge >= 0.3 is 0 Å². The van der Waals surface area contributed by atoms with Gasteiger partial charge in [-0.15, -0.1) is 0 Å². The van der Waals surface area contributed by atoms with Crippen LogP contribution < -0.4 is 26.2 Å². The minimum atomic E-state index is -0.720. The molecule has 2 aromatic heterocycles. The number of para-hydroxylation sites is 4. The first-order chi connectivity index (χ1) is 54.4. The van der Waals surface area contributed by atoms with Crippen molar-refractivity contribution in [1.29, 1.82) is 0 Å². The third-order valence-corrected chi connectivity index (χ3v) is 20.6. The molecule has 0 spiro atoms. The van der Waals surface area contributed by atoms with Gasteiger partial charge in [0.15, 0.2) is 0 Å². The smallest absolute Gasteiger partial charge is 0.252 e. The van der Waals surface area contributed by atoms with Crippen LogP contribution in [-0.2, 0) is 16.2 Å². The highest BCUT2D eigenvalue weighted by Gasteiger charge is 2.46. The first kappa shape index (κ1) is 49.0. The predicted octanol–water partition coefficient (Wildman–Crippen LogP) is 24.2. The highest BCUT2D eigenvalue weighted by atomic mass is 15.2. The van der Waals surface area contributed by atoms with Gasteiger partial charge in [0.2, 0.25) is 0 Å². The van der Waals surface area contributed by atoms with Crippen molar-refractivity contribution in [2.24, 2.45) is 0 Å². The van der Waals surface area contributed by atoms with Gasteiger partial charge in [0, 0.05) is 66.7 Å². The van der Waals surface area contributed by atoms with Crippen LogP contribution in [0.5, 0.6) is 0 Å². The third-order valence-electron chi connectivity index (χ3n) is 20.6. The number of fused-ring (bicyclic) bond motifs is 10. The highest BCUT2D eigenvalue weighted by Crippen LogP contribution is 2.56. The van der Waals surface area contributed by atoms with Gasteiger partial charge in [-0.3, -0.25) is 0 Å². The fourth-order valence-corrected chi connectivity index (χ4v) is 15.6. The van der Waals surface area contributed by atoms with Gasteiger partial charge in [-0.1, -0.05) is 305 Å². The number of anilines is 6. The molecule has 2 aliphatic heterocycles. The van der Waals surface area contributed by atoms with Crippen LogP contribution in [0.1, 0.15) is 96.8 Å². The zero-order valence-corrected chi connectivity index (χ0v) is 57.9. The Labute approximate surface area is 612 Å². The molecule has 0 amide bonds. The molecule has 0 saturated carbocycles. The van der Waals surface area contributed by atoms with Crippen molar-refractivity contribution in [3.8, 4) is 67.0 Å². The Morgan fingerprint density at radius 3 is 1.27 bits per heavy atom. The molecule has 5 heteroatoms. The standard InChI is InChI=1S/C96H79BN4/c1-94(2,3)69-53-68(54-70(57-69)95(4,5)6)67-48-51-81-87(56-67)101(93-74(63-33-17-11-18-34-63)49-52-85-90(93)77-43-27-30-46-84(77)98(85)72-39-23-14-24-40-72)89-61-73(99-82-44-28-25-41-75(82)76-42-26-29-45-83(76)99)60-88-91(89)97(81)80-50-47-66(62-31-15-10-16-32-62)55-86(80)100(88)92-78(64-35-19-12-20-36-64)58-71(96(7,8)9)59-79(92)65-37-21-13-22-38-65/h10-61H,1-9H3/i10D,15D,16D,25D,26D,28D,29D,31D,32D,41D,42D,44D,45D. The Bertz CT molecular complexity index is 6580. The Morgan fingerprint density at radius 1 is 0.287 bits per heavy atom. The van der Waals surface area contributed by atoms with E-state index in [0.29, 0.717) is 28.3 Å². The van der Waals surface area contributed by atoms with E-state index >= 15 is 0 Å². The van der Waals surface area contributed by atoms with Crippen LogP contribution in [0.25, 0.3) is 111 Å². The van der Waals surface area contributed by atoms with Crippen LogP contribution in [0.2, 0.25) is 0 Å². The molecule has 0 atom stereocenters. The number of hydrogen-bond donors (Lipinski definition) is 0. The quantitative estimate of drug-likeness (QED) is 0.134. The molecule has 18 rings (SSSR count). The molecule has 0 unspecified atom stereocenters. The summed E-state index contributed by atoms with van der Waals surface area (Å²) in [5, 5.41) is 1.68. The van der Waals surface area contributed by atoms with Crippen LogP contribution in [0, 0.1) is 0 Å². The topological polar surface area (TPSA) is 16.3 Å². The van der Waals surface area contributed by atoms with Crippen molar-refractivity contribution in [3.63, 3.8) is 0 Å². The largest absolute Gasteiger partial charge is 0.310 e. The fraction of sp³-hybridized carbons (Fsp3) is 0.125. The summed E-state index contributed by atoms with van der Waals surface area (Å²) in [7, 11) is 0. The lowest BCUT2D eigenvalue weighted by atomic mass is 9.33. The van der Waals surface area contributed by atoms with E-state index in [-0.39, 0.29) is 56.0 Å². The molecule has 101 heavy (non-hydrogen) atoms. The van der Waals surface area contributed by atoms with Gasteiger partial charge < -0.3 is 18.9 Å². The minimum absolute atomic E-state index is 0.00430. The van der Waals surface area contributed by atoms with Gasteiger partial charge in [0.1, 0.15) is 0 Å². The van der Waals surface area contributed by atoms with Gasteiger partial charge in [-0.2, -0.15) is 0 Å². The predicted molar refractivity (Wildman–Crippen MR) is 432 cm³/mol. The zero-order valence-electron chi connectivity index (χ0n) is 70.9. The van der Waals surface area contributed by atoms with E-state index in [1.54, 1.807) is 4.57 Å². The molecule has 14 aromatic carbocycles. The van der Waals surface area contributed by atoms with Crippen LogP contribution in [0.3, 0.4) is 0 Å². The molecule has 486 valence electrons. The summed E-state index contributed by atoms with van der Waals surface area (Å²) < 4.78 is 129. The lowest BCUT2D eigenvalue weighted by Crippen LogP contribution is -2.61. The van der Waals surface area contributed by atoms with Crippen molar-refractivity contribution in [1.82, 2.24) is 9.13 Å². The SMILES string of the molecule is [2H]c1c([2H])c([2H])c(-c2ccc3c(c2)N(c2c(-c4ccccc4)cc(C(C)(C)C)cc2-c2ccccc2)c2cc(-n4c5c([2H])c([2H])c([2H])c([2H])c5c5c([2H])c([2H])c([2H])c([2H])c54)cc4c2B3c2ccc(-c3cc(C(C)(C)C)cc(C(C)(C)C)c3)cc2N4c2c(-c3ccccc3)ccc3c2c2ccccc2n3-c2ccccc2)c([2H])c1[2H]. The second kappa shape index (κ2) is 23.5. The Morgan fingerprint density at radius 2 is 0.733 bits per heavy atom. The molecule has 4 heterocycles. The molecule has 0 bridgehead atoms. The van der Waals surface area contributed by atoms with Crippen LogP contribution in [0.15, 0.2) is 315 Å². The summed E-state index contributed by atoms with van der Waals surface area (Å²) >= 11 is 0. The number of nitrogens with zero attached hydrogens (tertiary/aromatic N) is 4. The van der Waals surface area contributed by atoms with E-state index in [2.05, 4.69) is 216 Å². The molecular formula is C96H79BN4. The fourth-order valence-electron chi connectivity index (χ4n) is 15.6. The lowest BCUT2D eigenvalue weighted by molar-refractivity contribution is 0.569. The third kappa shape index (κ3) is 10.2. The molecule has 0 radical (unpaired) electrons. The van der Waals surface area contributed by atoms with E-state index in [4.69, 9.17) is 1.37 Å². The van der Waals surface area contributed by atoms with Crippen LogP contribution in [-0.4, -0.2) is 15.8 Å². The molecule has 4 nitrogen and oxygen atoms in total. The molecule has 0 N–H and O–H groups in total. The maximum atomic E-state index is 10.2. The van der Waals surface area contributed by atoms with Crippen molar-refractivity contribution < 1.29 is 17.8 Å². The zero-order chi connectivity index (χ0) is 79.9. The Kier molecular flexibility index (Phi) is 11.4. The number of benzene rings is 14. The van der Waals surface area contributed by atoms with E-state index in [0.717, 1.165) is 116 Å². The summed E-state index contributed by atoms with van der Waals surface area (Å²) in [6, 6.07) is 75.7. The lowest BCUT2D eigenvalue weighted by Gasteiger charge is -2.46. The molecular weight excluding hydrogens is 1220 g/mol. The summed E-state index contributed by atoms with van der Waals surface area (Å²) in [5.41, 5.74) is 19.1. The summed E-state index contributed by atoms with van der Waals surface area (Å²) in [4.78, 5) is 4.64. The van der Waals surface area contributed by atoms with Crippen molar-refractivity contribution >= 4 is 101 Å². The monoisotopic (exact) mass is 1310 g/mol. The second-order valence-corrected chi connectivity index (χ2v) is 29.9. The number of rotatable bonds is 9. The van der Waals surface area contributed by atoms with Gasteiger partial charge in [-0.05, 0) is 161 Å². The van der Waals surface area contributed by atoms with E-state index in [1.807, 2.05) is 97.1 Å². The molecule has 0 fully saturated rings. The summed E-state index contributed by atoms with van der Waals surface area (Å²) in [6.07, 6.45) is 0. The molecule has 0 aliphatic carbocycles. The summed E-state index contributed by atoms with van der Waals surface area (Å²) in [5.74, 6) is 0. The van der Waals surface area contributed by atoms with E-state index < -0.39 is 78.6 Å². The maximum absolute atomic E-state index is 10.2. The first-order valence-electron chi connectivity index (χ1n) is 41.2. The van der Waals surface area contributed by atoms with Gasteiger partial charge in [-0.25, -0.2) is 0 Å². The van der Waals surface area contributed by atoms with Crippen LogP contribution in [0.4, 0.5) is 34.1 Å². The second-order valence-electron chi connectivity index (χ2n) is 29.9. The number of aromatic nitrogens is 2. The van der Waals surface area contributed by atoms with Crippen molar-refractivity contribution in [3.05, 3.63) is 332 Å². The molecule has 0 saturated heterocycles.